The first-order chi connectivity index (χ1) is 6.06. The quantitative estimate of drug-likeness (QED) is 0.208. The number of rotatable bonds is 2. The van der Waals surface area contributed by atoms with Crippen LogP contribution in [0, 0.1) is 13.7 Å². The van der Waals surface area contributed by atoms with Crippen molar-refractivity contribution in [3.63, 3.8) is 0 Å². The Morgan fingerprint density at radius 3 is 2.43 bits per heavy atom. The summed E-state index contributed by atoms with van der Waals surface area (Å²) in [6.45, 7) is 0. The topological polar surface area (TPSA) is 83.3 Å². The molecule has 0 N–H and O–H groups in total. The number of carbonyl (C=O) groups is 1. The zero-order valence-corrected chi connectivity index (χ0v) is 12.5. The van der Waals surface area contributed by atoms with E-state index in [1.54, 1.807) is 22.6 Å². The summed E-state index contributed by atoms with van der Waals surface area (Å²) in [5.74, 6) is -0.656. The summed E-state index contributed by atoms with van der Waals surface area (Å²) in [4.78, 5) is 19.9. The predicted octanol–water partition coefficient (Wildman–Crippen LogP) is -1.91. The van der Waals surface area contributed by atoms with Crippen LogP contribution in [0.4, 0.5) is 5.69 Å². The first kappa shape index (κ1) is 14.5. The monoisotopic (exact) mass is 331 g/mol. The van der Waals surface area contributed by atoms with E-state index in [0.29, 0.717) is 6.29 Å². The van der Waals surface area contributed by atoms with Crippen LogP contribution in [-0.4, -0.2) is 11.2 Å². The van der Waals surface area contributed by atoms with Crippen molar-refractivity contribution in [3.8, 4) is 5.75 Å². The molecule has 1 aromatic rings. The van der Waals surface area contributed by atoms with E-state index in [1.807, 2.05) is 0 Å². The van der Waals surface area contributed by atoms with Crippen LogP contribution in [0.1, 0.15) is 10.4 Å². The summed E-state index contributed by atoms with van der Waals surface area (Å²) >= 11 is 1.66. The van der Waals surface area contributed by atoms with E-state index in [2.05, 4.69) is 0 Å². The number of nitro benzene ring substituents is 1. The molecule has 1 rings (SSSR count). The molecule has 0 saturated carbocycles. The molecule has 14 heavy (non-hydrogen) atoms. The van der Waals surface area contributed by atoms with Crippen LogP contribution in [0.2, 0.25) is 0 Å². The molecule has 0 radical (unpaired) electrons. The Labute approximate surface area is 136 Å². The molecule has 0 aliphatic rings. The van der Waals surface area contributed by atoms with Gasteiger partial charge in [0, 0.05) is 15.2 Å². The van der Waals surface area contributed by atoms with E-state index in [9.17, 15) is 20.0 Å². The summed E-state index contributed by atoms with van der Waals surface area (Å²) in [7, 11) is 0. The molecule has 0 fully saturated rings. The zero-order chi connectivity index (χ0) is 10.0. The molecule has 0 spiro atoms. The Bertz CT molecular complexity index is 382. The van der Waals surface area contributed by atoms with Gasteiger partial charge in [0.25, 0.3) is 5.69 Å². The normalized spacial score (nSPS) is 8.93. The second kappa shape index (κ2) is 6.13. The first-order valence-corrected chi connectivity index (χ1v) is 4.24. The van der Waals surface area contributed by atoms with E-state index in [0.717, 1.165) is 6.07 Å². The summed E-state index contributed by atoms with van der Waals surface area (Å²) in [6, 6.07) is 2.28. The predicted molar refractivity (Wildman–Crippen MR) is 50.6 cm³/mol. The van der Waals surface area contributed by atoms with Crippen LogP contribution in [0.25, 0.3) is 0 Å². The standard InChI is InChI=1S/C7H4INO4.K/c8-5-1-4(3-10)2-6(7(5)11)9(12)13;/h1-3,11H;/q;+1/p-1. The number of hydrogen-bond acceptors (Lipinski definition) is 4. The molecule has 68 valence electrons. The Morgan fingerprint density at radius 2 is 2.00 bits per heavy atom. The van der Waals surface area contributed by atoms with Gasteiger partial charge in [-0.25, -0.2) is 0 Å². The van der Waals surface area contributed by atoms with E-state index in [1.165, 1.54) is 6.07 Å². The minimum absolute atomic E-state index is 0. The molecule has 0 aromatic heterocycles. The van der Waals surface area contributed by atoms with Crippen molar-refractivity contribution in [1.82, 2.24) is 0 Å². The van der Waals surface area contributed by atoms with Gasteiger partial charge in [0.15, 0.2) is 0 Å². The number of nitro groups is 1. The van der Waals surface area contributed by atoms with Crippen LogP contribution in [0.3, 0.4) is 0 Å². The molecule has 5 nitrogen and oxygen atoms in total. The summed E-state index contributed by atoms with van der Waals surface area (Å²) in [5, 5.41) is 21.4. The summed E-state index contributed by atoms with van der Waals surface area (Å²) in [5.41, 5.74) is -0.426. The Kier molecular flexibility index (Phi) is 6.33. The number of halogens is 1. The fourth-order valence-corrected chi connectivity index (χ4v) is 1.44. The van der Waals surface area contributed by atoms with Crippen molar-refractivity contribution in [2.45, 2.75) is 0 Å². The third-order valence-electron chi connectivity index (χ3n) is 1.38. The van der Waals surface area contributed by atoms with Crippen LogP contribution in [0.15, 0.2) is 12.1 Å². The van der Waals surface area contributed by atoms with Gasteiger partial charge < -0.3 is 5.11 Å². The molecule has 0 aliphatic heterocycles. The smallest absolute Gasteiger partial charge is 0.867 e. The number of carbonyl (C=O) groups excluding carboxylic acids is 1. The second-order valence-corrected chi connectivity index (χ2v) is 3.39. The number of hydrogen-bond donors (Lipinski definition) is 0. The molecule has 0 bridgehead atoms. The van der Waals surface area contributed by atoms with Crippen molar-refractivity contribution in [1.29, 1.82) is 0 Å². The third kappa shape index (κ3) is 3.24. The average Bonchev–Trinajstić information content (AvgIpc) is 2.09. The number of nitrogens with zero attached hydrogens (tertiary/aromatic N) is 1. The van der Waals surface area contributed by atoms with E-state index in [-0.39, 0.29) is 60.5 Å². The Morgan fingerprint density at radius 1 is 1.43 bits per heavy atom. The van der Waals surface area contributed by atoms with Crippen LogP contribution < -0.4 is 56.5 Å². The molecule has 0 aliphatic carbocycles. The third-order valence-corrected chi connectivity index (χ3v) is 2.18. The van der Waals surface area contributed by atoms with Crippen molar-refractivity contribution < 1.29 is 66.2 Å². The van der Waals surface area contributed by atoms with E-state index in [4.69, 9.17) is 0 Å². The number of aldehydes is 1. The molecule has 1 aromatic carbocycles. The summed E-state index contributed by atoms with van der Waals surface area (Å²) in [6.07, 6.45) is 0.467. The molecule has 0 heterocycles. The van der Waals surface area contributed by atoms with Crippen LogP contribution >= 0.6 is 22.6 Å². The van der Waals surface area contributed by atoms with Crippen molar-refractivity contribution in [3.05, 3.63) is 31.4 Å². The maximum Gasteiger partial charge on any atom is 1.00 e. The fraction of sp³-hybridized carbons (Fsp3) is 0. The van der Waals surface area contributed by atoms with Crippen LogP contribution in [-0.2, 0) is 0 Å². The fourth-order valence-electron chi connectivity index (χ4n) is 0.803. The second-order valence-electron chi connectivity index (χ2n) is 2.23. The van der Waals surface area contributed by atoms with Gasteiger partial charge in [-0.3, -0.25) is 14.9 Å². The van der Waals surface area contributed by atoms with Crippen LogP contribution in [0.5, 0.6) is 5.75 Å². The van der Waals surface area contributed by atoms with Gasteiger partial charge in [-0.1, -0.05) is 0 Å². The first-order valence-electron chi connectivity index (χ1n) is 3.16. The maximum absolute atomic E-state index is 11.1. The number of benzene rings is 1. The van der Waals surface area contributed by atoms with E-state index >= 15 is 0 Å². The molecule has 7 heteroatoms. The van der Waals surface area contributed by atoms with Crippen molar-refractivity contribution in [2.24, 2.45) is 0 Å². The Hall–Kier alpha value is 0.456. The molecule has 0 unspecified atom stereocenters. The molecule has 0 saturated heterocycles. The van der Waals surface area contributed by atoms with Gasteiger partial charge in [-0.05, 0) is 34.4 Å². The molecule has 0 atom stereocenters. The zero-order valence-electron chi connectivity index (χ0n) is 7.19. The minimum Gasteiger partial charge on any atom is -0.867 e. The van der Waals surface area contributed by atoms with Crippen molar-refractivity contribution in [2.75, 3.05) is 0 Å². The van der Waals surface area contributed by atoms with Gasteiger partial charge in [0.2, 0.25) is 0 Å². The minimum atomic E-state index is -0.794. The largest absolute Gasteiger partial charge is 1.00 e. The SMILES string of the molecule is O=Cc1cc(I)c([O-])c([N+](=O)[O-])c1.[K+]. The average molecular weight is 331 g/mol. The van der Waals surface area contributed by atoms with Gasteiger partial charge in [-0.2, -0.15) is 0 Å². The van der Waals surface area contributed by atoms with Crippen molar-refractivity contribution >= 4 is 34.6 Å². The van der Waals surface area contributed by atoms with Gasteiger partial charge >= 0.3 is 51.4 Å². The van der Waals surface area contributed by atoms with E-state index < -0.39 is 16.4 Å². The van der Waals surface area contributed by atoms with Gasteiger partial charge in [0.1, 0.15) is 6.29 Å². The molecular formula is C7H3IKNO4. The summed E-state index contributed by atoms with van der Waals surface area (Å²) < 4.78 is 0.175. The van der Waals surface area contributed by atoms with Gasteiger partial charge in [-0.15, -0.1) is 0 Å². The van der Waals surface area contributed by atoms with Gasteiger partial charge in [0.05, 0.1) is 4.92 Å². The Balaban J connectivity index is 0.00000169. The molecule has 0 amide bonds. The molecular weight excluding hydrogens is 328 g/mol. The maximum atomic E-state index is 11.1.